The normalized spacial score (nSPS) is 17.0. The molecule has 3 N–H and O–H groups in total. The molecule has 2 amide bonds. The summed E-state index contributed by atoms with van der Waals surface area (Å²) in [6, 6.07) is 2.82. The van der Waals surface area contributed by atoms with Crippen LogP contribution >= 0.6 is 0 Å². The number of nitrogens with zero attached hydrogens (tertiary/aromatic N) is 1. The number of benzene rings is 1. The molecule has 0 bridgehead atoms. The van der Waals surface area contributed by atoms with Gasteiger partial charge in [0.05, 0.1) is 11.3 Å². The van der Waals surface area contributed by atoms with Crippen molar-refractivity contribution in [3.8, 4) is 17.2 Å². The number of anilines is 1. The van der Waals surface area contributed by atoms with E-state index in [0.29, 0.717) is 12.7 Å². The number of carbonyl (C=O) groups is 3. The van der Waals surface area contributed by atoms with E-state index in [1.165, 1.54) is 82.6 Å². The van der Waals surface area contributed by atoms with Gasteiger partial charge in [0.25, 0.3) is 5.91 Å². The van der Waals surface area contributed by atoms with Gasteiger partial charge in [0, 0.05) is 11.6 Å². The minimum absolute atomic E-state index is 0.00706. The number of hydrogen-bond donors (Lipinski definition) is 3. The van der Waals surface area contributed by atoms with E-state index in [1.807, 2.05) is 0 Å². The minimum atomic E-state index is -0.319. The average molecular weight is 484 g/mol. The SMILES string of the molecule is O=CNc1cc(C=O)cc(-c2nc(C(=O)NC3CCCCCCCCCCCCCC3)co2)c1O. The predicted molar refractivity (Wildman–Crippen MR) is 135 cm³/mol. The lowest BCUT2D eigenvalue weighted by Gasteiger charge is -2.18. The summed E-state index contributed by atoms with van der Waals surface area (Å²) in [6.07, 6.45) is 19.1. The van der Waals surface area contributed by atoms with Crippen LogP contribution in [-0.2, 0) is 4.79 Å². The third kappa shape index (κ3) is 8.23. The maximum absolute atomic E-state index is 12.9. The molecule has 8 nitrogen and oxygen atoms in total. The Labute approximate surface area is 206 Å². The third-order valence-electron chi connectivity index (χ3n) is 6.64. The van der Waals surface area contributed by atoms with E-state index in [9.17, 15) is 19.5 Å². The van der Waals surface area contributed by atoms with Crippen molar-refractivity contribution in [2.24, 2.45) is 0 Å². The smallest absolute Gasteiger partial charge is 0.273 e. The highest BCUT2D eigenvalue weighted by Gasteiger charge is 2.21. The first-order chi connectivity index (χ1) is 17.1. The Morgan fingerprint density at radius 1 is 0.914 bits per heavy atom. The molecule has 0 unspecified atom stereocenters. The Bertz CT molecular complexity index is 956. The molecule has 2 aromatic rings. The fourth-order valence-electron chi connectivity index (χ4n) is 4.66. The molecule has 1 aliphatic carbocycles. The van der Waals surface area contributed by atoms with Crippen molar-refractivity contribution in [1.29, 1.82) is 0 Å². The highest BCUT2D eigenvalue weighted by atomic mass is 16.3. The quantitative estimate of drug-likeness (QED) is 0.342. The van der Waals surface area contributed by atoms with E-state index >= 15 is 0 Å². The first-order valence-corrected chi connectivity index (χ1v) is 12.9. The zero-order valence-corrected chi connectivity index (χ0v) is 20.4. The van der Waals surface area contributed by atoms with E-state index in [2.05, 4.69) is 15.6 Å². The topological polar surface area (TPSA) is 122 Å². The summed E-state index contributed by atoms with van der Waals surface area (Å²) in [5, 5.41) is 15.9. The average Bonchev–Trinajstić information content (AvgIpc) is 3.34. The molecule has 0 aliphatic heterocycles. The van der Waals surface area contributed by atoms with Gasteiger partial charge in [-0.25, -0.2) is 4.98 Å². The molecular formula is C27H37N3O5. The summed E-state index contributed by atoms with van der Waals surface area (Å²) in [5.74, 6) is -0.620. The maximum Gasteiger partial charge on any atom is 0.273 e. The van der Waals surface area contributed by atoms with Crippen molar-refractivity contribution in [3.63, 3.8) is 0 Å². The van der Waals surface area contributed by atoms with E-state index in [-0.39, 0.29) is 46.1 Å². The fourth-order valence-corrected chi connectivity index (χ4v) is 4.66. The second kappa shape index (κ2) is 14.3. The van der Waals surface area contributed by atoms with Gasteiger partial charge in [-0.2, -0.15) is 0 Å². The Balaban J connectivity index is 1.66. The number of rotatable bonds is 6. The third-order valence-corrected chi connectivity index (χ3v) is 6.64. The molecule has 1 saturated carbocycles. The number of aromatic hydroxyl groups is 1. The molecule has 0 saturated heterocycles. The first-order valence-electron chi connectivity index (χ1n) is 12.9. The van der Waals surface area contributed by atoms with Crippen LogP contribution < -0.4 is 10.6 Å². The van der Waals surface area contributed by atoms with Crippen LogP contribution in [0.15, 0.2) is 22.8 Å². The summed E-state index contributed by atoms with van der Waals surface area (Å²) in [5.41, 5.74) is 0.504. The molecular weight excluding hydrogens is 446 g/mol. The van der Waals surface area contributed by atoms with Gasteiger partial charge in [-0.05, 0) is 25.0 Å². The number of phenols is 1. The summed E-state index contributed by atoms with van der Waals surface area (Å²) in [7, 11) is 0. The summed E-state index contributed by atoms with van der Waals surface area (Å²) >= 11 is 0. The van der Waals surface area contributed by atoms with Gasteiger partial charge in [0.15, 0.2) is 11.4 Å². The molecule has 1 aromatic heterocycles. The van der Waals surface area contributed by atoms with E-state index in [4.69, 9.17) is 4.42 Å². The molecule has 0 atom stereocenters. The molecule has 1 fully saturated rings. The molecule has 0 spiro atoms. The number of carbonyl (C=O) groups excluding carboxylic acids is 3. The van der Waals surface area contributed by atoms with Crippen LogP contribution in [0.3, 0.4) is 0 Å². The molecule has 3 rings (SSSR count). The zero-order valence-electron chi connectivity index (χ0n) is 20.4. The molecule has 1 heterocycles. The van der Waals surface area contributed by atoms with Crippen molar-refractivity contribution >= 4 is 24.3 Å². The fraction of sp³-hybridized carbons (Fsp3) is 0.556. The molecule has 0 radical (unpaired) electrons. The Hall–Kier alpha value is -3.16. The summed E-state index contributed by atoms with van der Waals surface area (Å²) in [6.45, 7) is 0. The van der Waals surface area contributed by atoms with Crippen LogP contribution in [-0.4, -0.2) is 34.7 Å². The van der Waals surface area contributed by atoms with Crippen molar-refractivity contribution in [2.45, 2.75) is 95.9 Å². The van der Waals surface area contributed by atoms with Gasteiger partial charge >= 0.3 is 0 Å². The summed E-state index contributed by atoms with van der Waals surface area (Å²) < 4.78 is 5.46. The van der Waals surface area contributed by atoms with E-state index < -0.39 is 0 Å². The number of nitrogens with one attached hydrogen (secondary N) is 2. The monoisotopic (exact) mass is 483 g/mol. The maximum atomic E-state index is 12.9. The highest BCUT2D eigenvalue weighted by molar-refractivity contribution is 5.93. The van der Waals surface area contributed by atoms with Gasteiger partial charge in [-0.3, -0.25) is 14.4 Å². The largest absolute Gasteiger partial charge is 0.505 e. The summed E-state index contributed by atoms with van der Waals surface area (Å²) in [4.78, 5) is 39.3. The number of hydrogen-bond acceptors (Lipinski definition) is 6. The standard InChI is InChI=1S/C27H37N3O5/c31-17-20-15-22(25(33)23(16-20)28-19-32)27-30-24(18-35-27)26(34)29-21-13-11-9-7-5-3-1-2-4-6-8-10-12-14-21/h15-19,21,33H,1-14H2,(H,28,32)(H,29,34). The molecule has 8 heteroatoms. The number of oxazole rings is 1. The molecule has 1 aromatic carbocycles. The zero-order chi connectivity index (χ0) is 24.9. The number of aldehydes is 1. The number of amides is 2. The van der Waals surface area contributed by atoms with E-state index in [0.717, 1.165) is 25.7 Å². The van der Waals surface area contributed by atoms with Crippen LogP contribution in [0.4, 0.5) is 5.69 Å². The van der Waals surface area contributed by atoms with Gasteiger partial charge in [-0.15, -0.1) is 0 Å². The Morgan fingerprint density at radius 2 is 1.49 bits per heavy atom. The molecule has 1 aliphatic rings. The number of phenolic OH excluding ortho intramolecular Hbond substituents is 1. The van der Waals surface area contributed by atoms with Gasteiger partial charge in [0.1, 0.15) is 12.5 Å². The van der Waals surface area contributed by atoms with Crippen molar-refractivity contribution in [3.05, 3.63) is 29.7 Å². The van der Waals surface area contributed by atoms with Gasteiger partial charge in [0.2, 0.25) is 12.3 Å². The molecule has 35 heavy (non-hydrogen) atoms. The van der Waals surface area contributed by atoms with Crippen molar-refractivity contribution in [2.75, 3.05) is 5.32 Å². The van der Waals surface area contributed by atoms with Crippen LogP contribution in [0.5, 0.6) is 5.75 Å². The van der Waals surface area contributed by atoms with Crippen molar-refractivity contribution < 1.29 is 23.9 Å². The highest BCUT2D eigenvalue weighted by Crippen LogP contribution is 2.36. The molecule has 190 valence electrons. The lowest BCUT2D eigenvalue weighted by Crippen LogP contribution is -2.35. The van der Waals surface area contributed by atoms with E-state index in [1.54, 1.807) is 0 Å². The number of aromatic nitrogens is 1. The van der Waals surface area contributed by atoms with Crippen LogP contribution in [0, 0.1) is 0 Å². The first kappa shape index (κ1) is 26.4. The second-order valence-electron chi connectivity index (χ2n) is 9.37. The minimum Gasteiger partial charge on any atom is -0.505 e. The second-order valence-corrected chi connectivity index (χ2v) is 9.37. The Morgan fingerprint density at radius 3 is 2.03 bits per heavy atom. The lowest BCUT2D eigenvalue weighted by atomic mass is 10.0. The van der Waals surface area contributed by atoms with Gasteiger partial charge in [-0.1, -0.05) is 77.0 Å². The Kier molecular flexibility index (Phi) is 10.8. The van der Waals surface area contributed by atoms with Crippen LogP contribution in [0.1, 0.15) is 111 Å². The van der Waals surface area contributed by atoms with Gasteiger partial charge < -0.3 is 20.2 Å². The lowest BCUT2D eigenvalue weighted by molar-refractivity contribution is -0.105. The van der Waals surface area contributed by atoms with Crippen LogP contribution in [0.2, 0.25) is 0 Å². The van der Waals surface area contributed by atoms with Crippen LogP contribution in [0.25, 0.3) is 11.5 Å². The predicted octanol–water partition coefficient (Wildman–Crippen LogP) is 6.00. The van der Waals surface area contributed by atoms with Crippen molar-refractivity contribution in [1.82, 2.24) is 10.3 Å².